The average Bonchev–Trinajstić information content (AvgIpc) is 3.12. The molecule has 132 valence electrons. The standard InChI is InChI=1S/C19H24N4O2/c1-22(2)19(25)14-5-3-6-15(13-14)21-18(24)17-7-4-12-23(17)16-8-10-20-11-9-16/h3-7,12-13,16,20H,8-11H2,1-2H3,(H,21,24). The van der Waals surface area contributed by atoms with Gasteiger partial charge in [-0.25, -0.2) is 0 Å². The zero-order valence-electron chi connectivity index (χ0n) is 14.7. The summed E-state index contributed by atoms with van der Waals surface area (Å²) in [4.78, 5) is 26.3. The lowest BCUT2D eigenvalue weighted by molar-refractivity contribution is 0.0827. The van der Waals surface area contributed by atoms with Crippen molar-refractivity contribution < 1.29 is 9.59 Å². The molecule has 0 radical (unpaired) electrons. The minimum absolute atomic E-state index is 0.0887. The summed E-state index contributed by atoms with van der Waals surface area (Å²) in [5.74, 6) is -0.243. The number of hydrogen-bond acceptors (Lipinski definition) is 3. The molecule has 25 heavy (non-hydrogen) atoms. The average molecular weight is 340 g/mol. The molecule has 0 atom stereocenters. The Morgan fingerprint density at radius 2 is 1.92 bits per heavy atom. The molecular formula is C19H24N4O2. The molecule has 2 heterocycles. The van der Waals surface area contributed by atoms with Crippen molar-refractivity contribution in [2.45, 2.75) is 18.9 Å². The Morgan fingerprint density at radius 3 is 2.64 bits per heavy atom. The highest BCUT2D eigenvalue weighted by atomic mass is 16.2. The zero-order chi connectivity index (χ0) is 17.8. The summed E-state index contributed by atoms with van der Waals surface area (Å²) in [6, 6.07) is 11.1. The van der Waals surface area contributed by atoms with Crippen molar-refractivity contribution in [2.75, 3.05) is 32.5 Å². The largest absolute Gasteiger partial charge is 0.345 e. The lowest BCUT2D eigenvalue weighted by atomic mass is 10.1. The molecule has 1 fully saturated rings. The summed E-state index contributed by atoms with van der Waals surface area (Å²) in [6.07, 6.45) is 4.00. The van der Waals surface area contributed by atoms with E-state index in [0.717, 1.165) is 25.9 Å². The third-order valence-corrected chi connectivity index (χ3v) is 4.49. The normalized spacial score (nSPS) is 15.0. The highest BCUT2D eigenvalue weighted by Gasteiger charge is 2.20. The van der Waals surface area contributed by atoms with E-state index >= 15 is 0 Å². The molecule has 1 aliphatic rings. The van der Waals surface area contributed by atoms with Crippen LogP contribution in [-0.2, 0) is 0 Å². The number of rotatable bonds is 4. The minimum atomic E-state index is -0.155. The minimum Gasteiger partial charge on any atom is -0.345 e. The third-order valence-electron chi connectivity index (χ3n) is 4.49. The molecule has 0 saturated carbocycles. The maximum atomic E-state index is 12.7. The number of anilines is 1. The van der Waals surface area contributed by atoms with E-state index in [1.54, 1.807) is 38.4 Å². The van der Waals surface area contributed by atoms with Crippen LogP contribution in [0.3, 0.4) is 0 Å². The highest BCUT2D eigenvalue weighted by molar-refractivity contribution is 6.04. The predicted molar refractivity (Wildman–Crippen MR) is 98.0 cm³/mol. The van der Waals surface area contributed by atoms with Crippen LogP contribution in [0.1, 0.15) is 39.7 Å². The number of piperidine rings is 1. The lowest BCUT2D eigenvalue weighted by Gasteiger charge is -2.26. The van der Waals surface area contributed by atoms with Crippen LogP contribution < -0.4 is 10.6 Å². The van der Waals surface area contributed by atoms with Crippen molar-refractivity contribution in [3.8, 4) is 0 Å². The van der Waals surface area contributed by atoms with Gasteiger partial charge < -0.3 is 20.1 Å². The Balaban J connectivity index is 1.76. The van der Waals surface area contributed by atoms with E-state index in [1.807, 2.05) is 18.3 Å². The summed E-state index contributed by atoms with van der Waals surface area (Å²) in [5, 5.41) is 6.25. The van der Waals surface area contributed by atoms with E-state index in [2.05, 4.69) is 15.2 Å². The number of nitrogens with one attached hydrogen (secondary N) is 2. The predicted octanol–water partition coefficient (Wildman–Crippen LogP) is 2.37. The fourth-order valence-electron chi connectivity index (χ4n) is 3.17. The Kier molecular flexibility index (Phi) is 5.19. The first kappa shape index (κ1) is 17.2. The van der Waals surface area contributed by atoms with Crippen molar-refractivity contribution >= 4 is 17.5 Å². The van der Waals surface area contributed by atoms with Crippen LogP contribution in [-0.4, -0.2) is 48.5 Å². The number of amides is 2. The second-order valence-corrected chi connectivity index (χ2v) is 6.52. The number of carbonyl (C=O) groups is 2. The fraction of sp³-hybridized carbons (Fsp3) is 0.368. The van der Waals surface area contributed by atoms with Gasteiger partial charge in [0.2, 0.25) is 0 Å². The van der Waals surface area contributed by atoms with Gasteiger partial charge in [-0.1, -0.05) is 6.07 Å². The smallest absolute Gasteiger partial charge is 0.272 e. The Labute approximate surface area is 147 Å². The highest BCUT2D eigenvalue weighted by Crippen LogP contribution is 2.22. The van der Waals surface area contributed by atoms with Crippen LogP contribution in [0.4, 0.5) is 5.69 Å². The molecule has 6 nitrogen and oxygen atoms in total. The van der Waals surface area contributed by atoms with Crippen LogP contribution in [0.5, 0.6) is 0 Å². The fourth-order valence-corrected chi connectivity index (χ4v) is 3.17. The van der Waals surface area contributed by atoms with Crippen molar-refractivity contribution in [1.82, 2.24) is 14.8 Å². The molecule has 1 aliphatic heterocycles. The Morgan fingerprint density at radius 1 is 1.16 bits per heavy atom. The van der Waals surface area contributed by atoms with E-state index in [4.69, 9.17) is 0 Å². The quantitative estimate of drug-likeness (QED) is 0.898. The second kappa shape index (κ2) is 7.53. The van der Waals surface area contributed by atoms with Crippen molar-refractivity contribution in [2.24, 2.45) is 0 Å². The summed E-state index contributed by atoms with van der Waals surface area (Å²) in [6.45, 7) is 1.94. The summed E-state index contributed by atoms with van der Waals surface area (Å²) >= 11 is 0. The van der Waals surface area contributed by atoms with Gasteiger partial charge >= 0.3 is 0 Å². The number of hydrogen-bond donors (Lipinski definition) is 2. The molecule has 1 aromatic carbocycles. The van der Waals surface area contributed by atoms with Crippen molar-refractivity contribution in [1.29, 1.82) is 0 Å². The molecule has 6 heteroatoms. The monoisotopic (exact) mass is 340 g/mol. The number of aromatic nitrogens is 1. The van der Waals surface area contributed by atoms with Gasteiger partial charge in [-0.2, -0.15) is 0 Å². The molecule has 0 unspecified atom stereocenters. The Bertz CT molecular complexity index is 760. The van der Waals surface area contributed by atoms with Crippen LogP contribution in [0.15, 0.2) is 42.6 Å². The third kappa shape index (κ3) is 3.91. The first-order valence-electron chi connectivity index (χ1n) is 8.57. The van der Waals surface area contributed by atoms with Gasteiger partial charge in [0.1, 0.15) is 5.69 Å². The number of nitrogens with zero attached hydrogens (tertiary/aromatic N) is 2. The van der Waals surface area contributed by atoms with E-state index in [9.17, 15) is 9.59 Å². The van der Waals surface area contributed by atoms with E-state index < -0.39 is 0 Å². The second-order valence-electron chi connectivity index (χ2n) is 6.52. The molecule has 1 aromatic heterocycles. The van der Waals surface area contributed by atoms with Crippen LogP contribution in [0.25, 0.3) is 0 Å². The lowest BCUT2D eigenvalue weighted by Crippen LogP contribution is -2.31. The van der Waals surface area contributed by atoms with Crippen LogP contribution in [0, 0.1) is 0 Å². The van der Waals surface area contributed by atoms with Crippen molar-refractivity contribution in [3.63, 3.8) is 0 Å². The van der Waals surface area contributed by atoms with Gasteiger partial charge in [0.25, 0.3) is 11.8 Å². The molecule has 0 bridgehead atoms. The SMILES string of the molecule is CN(C)C(=O)c1cccc(NC(=O)c2cccn2C2CCNCC2)c1. The molecule has 1 saturated heterocycles. The van der Waals surface area contributed by atoms with Crippen LogP contribution in [0.2, 0.25) is 0 Å². The van der Waals surface area contributed by atoms with Gasteiger partial charge in [0.05, 0.1) is 0 Å². The maximum absolute atomic E-state index is 12.7. The van der Waals surface area contributed by atoms with Crippen molar-refractivity contribution in [3.05, 3.63) is 53.9 Å². The van der Waals surface area contributed by atoms with Crippen LogP contribution >= 0.6 is 0 Å². The molecule has 0 spiro atoms. The van der Waals surface area contributed by atoms with E-state index in [1.165, 1.54) is 4.90 Å². The number of benzene rings is 1. The summed E-state index contributed by atoms with van der Waals surface area (Å²) in [5.41, 5.74) is 1.82. The summed E-state index contributed by atoms with van der Waals surface area (Å²) in [7, 11) is 3.42. The summed E-state index contributed by atoms with van der Waals surface area (Å²) < 4.78 is 2.06. The molecular weight excluding hydrogens is 316 g/mol. The molecule has 2 amide bonds. The topological polar surface area (TPSA) is 66.4 Å². The molecule has 2 N–H and O–H groups in total. The molecule has 2 aromatic rings. The first-order chi connectivity index (χ1) is 12.1. The zero-order valence-corrected chi connectivity index (χ0v) is 14.7. The van der Waals surface area contributed by atoms with Gasteiger partial charge in [0.15, 0.2) is 0 Å². The molecule has 0 aliphatic carbocycles. The van der Waals surface area contributed by atoms with Gasteiger partial charge in [-0.05, 0) is 56.3 Å². The first-order valence-corrected chi connectivity index (χ1v) is 8.57. The molecule has 3 rings (SSSR count). The van der Waals surface area contributed by atoms with E-state index in [-0.39, 0.29) is 11.8 Å². The Hall–Kier alpha value is -2.60. The van der Waals surface area contributed by atoms with Gasteiger partial charge in [-0.3, -0.25) is 9.59 Å². The number of carbonyl (C=O) groups excluding carboxylic acids is 2. The maximum Gasteiger partial charge on any atom is 0.272 e. The van der Waals surface area contributed by atoms with Gasteiger partial charge in [-0.15, -0.1) is 0 Å². The van der Waals surface area contributed by atoms with Gasteiger partial charge in [0, 0.05) is 37.6 Å². The van der Waals surface area contributed by atoms with E-state index in [0.29, 0.717) is 23.0 Å².